The Morgan fingerprint density at radius 3 is 3.21 bits per heavy atom. The van der Waals surface area contributed by atoms with Crippen LogP contribution in [-0.2, 0) is 6.42 Å². The van der Waals surface area contributed by atoms with E-state index in [0.29, 0.717) is 12.5 Å². The van der Waals surface area contributed by atoms with Crippen LogP contribution >= 0.6 is 0 Å². The van der Waals surface area contributed by atoms with Crippen LogP contribution in [0.1, 0.15) is 5.69 Å². The minimum atomic E-state index is 0.479. The summed E-state index contributed by atoms with van der Waals surface area (Å²) < 4.78 is 0. The number of nitriles is 1. The van der Waals surface area contributed by atoms with Crippen molar-refractivity contribution in [3.05, 3.63) is 18.2 Å². The highest BCUT2D eigenvalue weighted by Gasteiger charge is 1.96. The number of aliphatic imine (C=N–C) groups is 1. The standard InChI is InChI=1S/C8H12N6/c1-10-8(13-5-9)12-3-2-7-4-11-6-14-7/h4,6H,2-3H2,1H3,(H,11,14)(H2,10,12,13). The molecule has 74 valence electrons. The van der Waals surface area contributed by atoms with Crippen LogP contribution < -0.4 is 10.6 Å². The molecule has 0 saturated heterocycles. The first kappa shape index (κ1) is 10.1. The van der Waals surface area contributed by atoms with Crippen LogP contribution in [0.2, 0.25) is 0 Å². The number of rotatable bonds is 3. The molecule has 1 aromatic heterocycles. The lowest BCUT2D eigenvalue weighted by Crippen LogP contribution is -2.35. The molecule has 3 N–H and O–H groups in total. The molecule has 0 aliphatic rings. The second-order valence-corrected chi connectivity index (χ2v) is 2.56. The number of nitrogens with zero attached hydrogens (tertiary/aromatic N) is 3. The molecular formula is C8H12N6. The van der Waals surface area contributed by atoms with Crippen LogP contribution in [-0.4, -0.2) is 29.5 Å². The van der Waals surface area contributed by atoms with Gasteiger partial charge in [-0.25, -0.2) is 4.98 Å². The first-order chi connectivity index (χ1) is 6.86. The minimum absolute atomic E-state index is 0.479. The van der Waals surface area contributed by atoms with Gasteiger partial charge in [-0.3, -0.25) is 10.3 Å². The second kappa shape index (κ2) is 5.59. The molecule has 0 aromatic carbocycles. The van der Waals surface area contributed by atoms with Crippen molar-refractivity contribution < 1.29 is 0 Å². The summed E-state index contributed by atoms with van der Waals surface area (Å²) in [4.78, 5) is 10.7. The van der Waals surface area contributed by atoms with E-state index in [2.05, 4.69) is 25.6 Å². The van der Waals surface area contributed by atoms with Gasteiger partial charge in [-0.2, -0.15) is 5.26 Å². The van der Waals surface area contributed by atoms with Gasteiger partial charge in [0.15, 0.2) is 6.19 Å². The molecule has 0 aliphatic heterocycles. The molecule has 14 heavy (non-hydrogen) atoms. The third-order valence-electron chi connectivity index (χ3n) is 1.64. The molecule has 0 radical (unpaired) electrons. The van der Waals surface area contributed by atoms with Gasteiger partial charge < -0.3 is 10.3 Å². The fourth-order valence-corrected chi connectivity index (χ4v) is 0.969. The van der Waals surface area contributed by atoms with Gasteiger partial charge in [0.25, 0.3) is 0 Å². The van der Waals surface area contributed by atoms with Crippen molar-refractivity contribution in [2.75, 3.05) is 13.6 Å². The summed E-state index contributed by atoms with van der Waals surface area (Å²) in [5.74, 6) is 0.479. The van der Waals surface area contributed by atoms with E-state index >= 15 is 0 Å². The predicted octanol–water partition coefficient (Wildman–Crippen LogP) is -0.402. The minimum Gasteiger partial charge on any atom is -0.355 e. The number of aromatic amines is 1. The number of aromatic nitrogens is 2. The summed E-state index contributed by atoms with van der Waals surface area (Å²) in [6.07, 6.45) is 6.01. The topological polar surface area (TPSA) is 88.9 Å². The Morgan fingerprint density at radius 1 is 1.79 bits per heavy atom. The number of guanidine groups is 1. The summed E-state index contributed by atoms with van der Waals surface area (Å²) in [6.45, 7) is 0.698. The molecule has 0 atom stereocenters. The molecule has 1 rings (SSSR count). The highest BCUT2D eigenvalue weighted by Crippen LogP contribution is 1.89. The van der Waals surface area contributed by atoms with Gasteiger partial charge in [-0.05, 0) is 0 Å². The fourth-order valence-electron chi connectivity index (χ4n) is 0.969. The molecular weight excluding hydrogens is 180 g/mol. The smallest absolute Gasteiger partial charge is 0.204 e. The monoisotopic (exact) mass is 192 g/mol. The lowest BCUT2D eigenvalue weighted by Gasteiger charge is -2.05. The highest BCUT2D eigenvalue weighted by molar-refractivity contribution is 5.80. The van der Waals surface area contributed by atoms with Gasteiger partial charge in [-0.15, -0.1) is 0 Å². The maximum Gasteiger partial charge on any atom is 0.204 e. The van der Waals surface area contributed by atoms with Crippen molar-refractivity contribution in [3.8, 4) is 6.19 Å². The number of nitrogens with one attached hydrogen (secondary N) is 3. The van der Waals surface area contributed by atoms with Crippen LogP contribution in [0.4, 0.5) is 0 Å². The van der Waals surface area contributed by atoms with Crippen LogP contribution in [0.5, 0.6) is 0 Å². The quantitative estimate of drug-likeness (QED) is 0.263. The largest absolute Gasteiger partial charge is 0.355 e. The molecule has 0 spiro atoms. The zero-order valence-electron chi connectivity index (χ0n) is 7.91. The van der Waals surface area contributed by atoms with E-state index in [1.54, 1.807) is 25.8 Å². The summed E-state index contributed by atoms with van der Waals surface area (Å²) >= 11 is 0. The third-order valence-corrected chi connectivity index (χ3v) is 1.64. The highest BCUT2D eigenvalue weighted by atomic mass is 15.2. The molecule has 0 aliphatic carbocycles. The van der Waals surface area contributed by atoms with Gasteiger partial charge in [0, 0.05) is 31.9 Å². The Hall–Kier alpha value is -2.03. The lowest BCUT2D eigenvalue weighted by atomic mass is 10.3. The molecule has 0 unspecified atom stereocenters. The maximum atomic E-state index is 8.35. The van der Waals surface area contributed by atoms with E-state index in [0.717, 1.165) is 12.1 Å². The predicted molar refractivity (Wildman–Crippen MR) is 52.4 cm³/mol. The van der Waals surface area contributed by atoms with E-state index in [4.69, 9.17) is 5.26 Å². The maximum absolute atomic E-state index is 8.35. The molecule has 0 fully saturated rings. The van der Waals surface area contributed by atoms with E-state index < -0.39 is 0 Å². The molecule has 0 bridgehead atoms. The van der Waals surface area contributed by atoms with Crippen molar-refractivity contribution in [1.82, 2.24) is 20.6 Å². The van der Waals surface area contributed by atoms with Crippen molar-refractivity contribution >= 4 is 5.96 Å². The first-order valence-corrected chi connectivity index (χ1v) is 4.20. The van der Waals surface area contributed by atoms with Crippen molar-refractivity contribution in [2.24, 2.45) is 4.99 Å². The Balaban J connectivity index is 2.24. The summed E-state index contributed by atoms with van der Waals surface area (Å²) in [5.41, 5.74) is 1.05. The van der Waals surface area contributed by atoms with Crippen LogP contribution in [0, 0.1) is 11.5 Å². The van der Waals surface area contributed by atoms with Gasteiger partial charge in [0.2, 0.25) is 5.96 Å². The SMILES string of the molecule is CN=C(NC#N)NCCc1cnc[nH]1. The Kier molecular flexibility index (Phi) is 4.01. The first-order valence-electron chi connectivity index (χ1n) is 4.20. The number of H-pyrrole nitrogens is 1. The lowest BCUT2D eigenvalue weighted by molar-refractivity contribution is 0.828. The second-order valence-electron chi connectivity index (χ2n) is 2.56. The van der Waals surface area contributed by atoms with Crippen molar-refractivity contribution in [1.29, 1.82) is 5.26 Å². The van der Waals surface area contributed by atoms with Crippen molar-refractivity contribution in [2.45, 2.75) is 6.42 Å². The van der Waals surface area contributed by atoms with Crippen LogP contribution in [0.15, 0.2) is 17.5 Å². The Bertz CT molecular complexity index is 320. The molecule has 6 heteroatoms. The van der Waals surface area contributed by atoms with E-state index in [-0.39, 0.29) is 0 Å². The van der Waals surface area contributed by atoms with E-state index in [1.807, 2.05) is 0 Å². The zero-order chi connectivity index (χ0) is 10.2. The average molecular weight is 192 g/mol. The zero-order valence-corrected chi connectivity index (χ0v) is 7.91. The Morgan fingerprint density at radius 2 is 2.64 bits per heavy atom. The third kappa shape index (κ3) is 3.15. The summed E-state index contributed by atoms with van der Waals surface area (Å²) in [7, 11) is 1.61. The average Bonchev–Trinajstić information content (AvgIpc) is 2.69. The Labute approximate surface area is 82.1 Å². The number of imidazole rings is 1. The normalized spacial score (nSPS) is 10.7. The van der Waals surface area contributed by atoms with Gasteiger partial charge >= 0.3 is 0 Å². The molecule has 0 saturated carbocycles. The number of hydrogen-bond acceptors (Lipinski definition) is 3. The molecule has 0 amide bonds. The van der Waals surface area contributed by atoms with Gasteiger partial charge in [0.05, 0.1) is 6.33 Å². The molecule has 1 aromatic rings. The molecule has 6 nitrogen and oxygen atoms in total. The van der Waals surface area contributed by atoms with Crippen molar-refractivity contribution in [3.63, 3.8) is 0 Å². The fraction of sp³-hybridized carbons (Fsp3) is 0.375. The summed E-state index contributed by atoms with van der Waals surface area (Å²) in [6, 6.07) is 0. The van der Waals surface area contributed by atoms with E-state index in [9.17, 15) is 0 Å². The van der Waals surface area contributed by atoms with Gasteiger partial charge in [-0.1, -0.05) is 0 Å². The van der Waals surface area contributed by atoms with Gasteiger partial charge in [0.1, 0.15) is 0 Å². The molecule has 1 heterocycles. The number of hydrogen-bond donors (Lipinski definition) is 3. The van der Waals surface area contributed by atoms with Crippen LogP contribution in [0.3, 0.4) is 0 Å². The van der Waals surface area contributed by atoms with E-state index in [1.165, 1.54) is 0 Å². The summed E-state index contributed by atoms with van der Waals surface area (Å²) in [5, 5.41) is 13.8. The van der Waals surface area contributed by atoms with Crippen LogP contribution in [0.25, 0.3) is 0 Å².